The van der Waals surface area contributed by atoms with Crippen molar-refractivity contribution < 1.29 is 4.79 Å². The third kappa shape index (κ3) is 2.21. The first-order valence-corrected chi connectivity index (χ1v) is 4.76. The van der Waals surface area contributed by atoms with Gasteiger partial charge >= 0.3 is 0 Å². The van der Waals surface area contributed by atoms with Crippen molar-refractivity contribution in [3.63, 3.8) is 0 Å². The molecule has 12 heavy (non-hydrogen) atoms. The van der Waals surface area contributed by atoms with Crippen molar-refractivity contribution in [3.8, 4) is 0 Å². The van der Waals surface area contributed by atoms with Crippen molar-refractivity contribution in [1.29, 1.82) is 0 Å². The summed E-state index contributed by atoms with van der Waals surface area (Å²) >= 11 is 0. The van der Waals surface area contributed by atoms with Crippen molar-refractivity contribution >= 4 is 5.91 Å². The Morgan fingerprint density at radius 1 is 1.67 bits per heavy atom. The minimum absolute atomic E-state index is 0.300. The summed E-state index contributed by atoms with van der Waals surface area (Å²) in [6.45, 7) is 6.89. The highest BCUT2D eigenvalue weighted by atomic mass is 16.2. The van der Waals surface area contributed by atoms with Crippen molar-refractivity contribution in [2.75, 3.05) is 19.6 Å². The van der Waals surface area contributed by atoms with E-state index in [-0.39, 0.29) is 0 Å². The molecule has 0 saturated carbocycles. The third-order valence-corrected chi connectivity index (χ3v) is 2.27. The van der Waals surface area contributed by atoms with E-state index in [9.17, 15) is 4.79 Å². The number of carbonyl (C=O) groups excluding carboxylic acids is 1. The molecular weight excluding hydrogens is 152 g/mol. The first-order valence-electron chi connectivity index (χ1n) is 4.76. The second kappa shape index (κ2) is 4.45. The maximum atomic E-state index is 11.5. The molecular formula is C9H18N2O. The SMILES string of the molecule is CCCN1C(=O)CCNCC1C. The van der Waals surface area contributed by atoms with Gasteiger partial charge in [-0.05, 0) is 13.3 Å². The monoisotopic (exact) mass is 170 g/mol. The van der Waals surface area contributed by atoms with E-state index in [0.717, 1.165) is 26.1 Å². The molecule has 1 unspecified atom stereocenters. The largest absolute Gasteiger partial charge is 0.339 e. The third-order valence-electron chi connectivity index (χ3n) is 2.27. The van der Waals surface area contributed by atoms with Crippen LogP contribution in [0.4, 0.5) is 0 Å². The Labute approximate surface area is 74.1 Å². The molecule has 70 valence electrons. The van der Waals surface area contributed by atoms with Crippen LogP contribution in [0.2, 0.25) is 0 Å². The molecule has 1 atom stereocenters. The molecule has 0 radical (unpaired) electrons. The van der Waals surface area contributed by atoms with E-state index in [4.69, 9.17) is 0 Å². The zero-order valence-corrected chi connectivity index (χ0v) is 7.97. The summed E-state index contributed by atoms with van der Waals surface area (Å²) in [5, 5.41) is 3.25. The molecule has 0 aromatic rings. The molecule has 1 amide bonds. The maximum Gasteiger partial charge on any atom is 0.224 e. The smallest absolute Gasteiger partial charge is 0.224 e. The molecule has 1 saturated heterocycles. The summed E-state index contributed by atoms with van der Waals surface area (Å²) in [6.07, 6.45) is 1.71. The minimum atomic E-state index is 0.300. The van der Waals surface area contributed by atoms with Crippen LogP contribution < -0.4 is 5.32 Å². The lowest BCUT2D eigenvalue weighted by Crippen LogP contribution is -2.40. The number of rotatable bonds is 2. The lowest BCUT2D eigenvalue weighted by molar-refractivity contribution is -0.132. The van der Waals surface area contributed by atoms with Gasteiger partial charge in [0.05, 0.1) is 0 Å². The number of carbonyl (C=O) groups is 1. The summed E-state index contributed by atoms with van der Waals surface area (Å²) < 4.78 is 0. The predicted octanol–water partition coefficient (Wildman–Crippen LogP) is 0.607. The average molecular weight is 170 g/mol. The Kier molecular flexibility index (Phi) is 3.53. The summed E-state index contributed by atoms with van der Waals surface area (Å²) in [6, 6.07) is 0.361. The molecule has 1 aliphatic rings. The van der Waals surface area contributed by atoms with Crippen LogP contribution in [0, 0.1) is 0 Å². The van der Waals surface area contributed by atoms with E-state index in [0.29, 0.717) is 18.4 Å². The van der Waals surface area contributed by atoms with Crippen LogP contribution in [0.5, 0.6) is 0 Å². The van der Waals surface area contributed by atoms with E-state index < -0.39 is 0 Å². The standard InChI is InChI=1S/C9H18N2O/c1-3-6-11-8(2)7-10-5-4-9(11)12/h8,10H,3-7H2,1-2H3. The minimum Gasteiger partial charge on any atom is -0.339 e. The highest BCUT2D eigenvalue weighted by Crippen LogP contribution is 2.05. The number of hydrogen-bond acceptors (Lipinski definition) is 2. The second-order valence-electron chi connectivity index (χ2n) is 3.39. The number of nitrogens with one attached hydrogen (secondary N) is 1. The van der Waals surface area contributed by atoms with Gasteiger partial charge in [0.25, 0.3) is 0 Å². The molecule has 1 rings (SSSR count). The Balaban J connectivity index is 2.55. The molecule has 0 spiro atoms. The van der Waals surface area contributed by atoms with Crippen molar-refractivity contribution in [2.24, 2.45) is 0 Å². The van der Waals surface area contributed by atoms with Gasteiger partial charge in [0.2, 0.25) is 5.91 Å². The normalized spacial score (nSPS) is 25.7. The van der Waals surface area contributed by atoms with E-state index in [1.807, 2.05) is 4.90 Å². The van der Waals surface area contributed by atoms with Gasteiger partial charge in [0, 0.05) is 32.1 Å². The number of nitrogens with zero attached hydrogens (tertiary/aromatic N) is 1. The molecule has 0 bridgehead atoms. The Morgan fingerprint density at radius 2 is 2.42 bits per heavy atom. The van der Waals surface area contributed by atoms with E-state index >= 15 is 0 Å². The van der Waals surface area contributed by atoms with Crippen molar-refractivity contribution in [1.82, 2.24) is 10.2 Å². The molecule has 1 fully saturated rings. The highest BCUT2D eigenvalue weighted by molar-refractivity contribution is 5.77. The number of amides is 1. The fraction of sp³-hybridized carbons (Fsp3) is 0.889. The lowest BCUT2D eigenvalue weighted by atomic mass is 10.2. The zero-order valence-electron chi connectivity index (χ0n) is 7.97. The van der Waals surface area contributed by atoms with Gasteiger partial charge in [-0.25, -0.2) is 0 Å². The molecule has 0 aliphatic carbocycles. The van der Waals surface area contributed by atoms with Gasteiger partial charge in [0.1, 0.15) is 0 Å². The van der Waals surface area contributed by atoms with Crippen LogP contribution in [-0.4, -0.2) is 36.5 Å². The molecule has 1 aliphatic heterocycles. The van der Waals surface area contributed by atoms with Crippen LogP contribution >= 0.6 is 0 Å². The maximum absolute atomic E-state index is 11.5. The molecule has 3 nitrogen and oxygen atoms in total. The molecule has 3 heteroatoms. The summed E-state index contributed by atoms with van der Waals surface area (Å²) in [7, 11) is 0. The van der Waals surface area contributed by atoms with Crippen molar-refractivity contribution in [2.45, 2.75) is 32.7 Å². The summed E-state index contributed by atoms with van der Waals surface area (Å²) in [5.74, 6) is 0.300. The molecule has 1 N–H and O–H groups in total. The molecule has 1 heterocycles. The van der Waals surface area contributed by atoms with Crippen LogP contribution in [-0.2, 0) is 4.79 Å². The summed E-state index contributed by atoms with van der Waals surface area (Å²) in [5.41, 5.74) is 0. The van der Waals surface area contributed by atoms with Crippen LogP contribution in [0.1, 0.15) is 26.7 Å². The van der Waals surface area contributed by atoms with Gasteiger partial charge in [-0.1, -0.05) is 6.92 Å². The van der Waals surface area contributed by atoms with Gasteiger partial charge in [0.15, 0.2) is 0 Å². The van der Waals surface area contributed by atoms with E-state index in [1.165, 1.54) is 0 Å². The Morgan fingerprint density at radius 3 is 3.08 bits per heavy atom. The molecule has 0 aromatic heterocycles. The topological polar surface area (TPSA) is 32.3 Å². The van der Waals surface area contributed by atoms with E-state index in [2.05, 4.69) is 19.2 Å². The van der Waals surface area contributed by atoms with Crippen LogP contribution in [0.15, 0.2) is 0 Å². The average Bonchev–Trinajstić information content (AvgIpc) is 2.19. The second-order valence-corrected chi connectivity index (χ2v) is 3.39. The predicted molar refractivity (Wildman–Crippen MR) is 49.0 cm³/mol. The molecule has 0 aromatic carbocycles. The first kappa shape index (κ1) is 9.52. The Hall–Kier alpha value is -0.570. The lowest BCUT2D eigenvalue weighted by Gasteiger charge is -2.26. The quantitative estimate of drug-likeness (QED) is 0.658. The fourth-order valence-corrected chi connectivity index (χ4v) is 1.59. The van der Waals surface area contributed by atoms with Gasteiger partial charge in [-0.15, -0.1) is 0 Å². The summed E-state index contributed by atoms with van der Waals surface area (Å²) in [4.78, 5) is 13.5. The first-order chi connectivity index (χ1) is 5.75. The Bertz CT molecular complexity index is 159. The highest BCUT2D eigenvalue weighted by Gasteiger charge is 2.21. The van der Waals surface area contributed by atoms with Gasteiger partial charge in [-0.3, -0.25) is 4.79 Å². The fourth-order valence-electron chi connectivity index (χ4n) is 1.59. The van der Waals surface area contributed by atoms with Gasteiger partial charge in [-0.2, -0.15) is 0 Å². The zero-order chi connectivity index (χ0) is 8.97. The van der Waals surface area contributed by atoms with Crippen LogP contribution in [0.3, 0.4) is 0 Å². The van der Waals surface area contributed by atoms with E-state index in [1.54, 1.807) is 0 Å². The van der Waals surface area contributed by atoms with Crippen molar-refractivity contribution in [3.05, 3.63) is 0 Å². The van der Waals surface area contributed by atoms with Crippen LogP contribution in [0.25, 0.3) is 0 Å². The van der Waals surface area contributed by atoms with Gasteiger partial charge < -0.3 is 10.2 Å². The number of hydrogen-bond donors (Lipinski definition) is 1.